The van der Waals surface area contributed by atoms with Crippen LogP contribution in [-0.4, -0.2) is 81.4 Å². The average Bonchev–Trinajstić information content (AvgIpc) is 3.35. The van der Waals surface area contributed by atoms with Gasteiger partial charge in [-0.05, 0) is 12.1 Å². The zero-order valence-corrected chi connectivity index (χ0v) is 16.0. The van der Waals surface area contributed by atoms with Gasteiger partial charge in [0.25, 0.3) is 11.8 Å². The number of nitrogens with one attached hydrogen (secondary N) is 2. The molecule has 0 radical (unpaired) electrons. The summed E-state index contributed by atoms with van der Waals surface area (Å²) in [5, 5.41) is 4.97. The van der Waals surface area contributed by atoms with Crippen LogP contribution in [0, 0.1) is 0 Å². The van der Waals surface area contributed by atoms with Gasteiger partial charge in [-0.3, -0.25) is 19.4 Å². The van der Waals surface area contributed by atoms with Crippen LogP contribution >= 0.6 is 0 Å². The third-order valence-corrected chi connectivity index (χ3v) is 6.62. The first-order chi connectivity index (χ1) is 13.8. The number of benzene rings is 1. The topological polar surface area (TPSA) is 139 Å². The van der Waals surface area contributed by atoms with Crippen LogP contribution in [0.2, 0.25) is 0 Å². The van der Waals surface area contributed by atoms with Gasteiger partial charge in [0.1, 0.15) is 13.1 Å². The van der Waals surface area contributed by atoms with Gasteiger partial charge in [0.05, 0.1) is 11.4 Å². The van der Waals surface area contributed by atoms with Crippen molar-refractivity contribution in [3.63, 3.8) is 0 Å². The first kappa shape index (κ1) is 19.0. The molecule has 2 N–H and O–H groups in total. The molecule has 29 heavy (non-hydrogen) atoms. The van der Waals surface area contributed by atoms with E-state index in [1.807, 2.05) is 0 Å². The van der Waals surface area contributed by atoms with Crippen LogP contribution in [0.25, 0.3) is 0 Å². The number of nitrogens with zero attached hydrogens (tertiary/aromatic N) is 4. The quantitative estimate of drug-likeness (QED) is 0.616. The van der Waals surface area contributed by atoms with Crippen molar-refractivity contribution in [2.75, 3.05) is 47.9 Å². The van der Waals surface area contributed by atoms with Crippen molar-refractivity contribution in [2.45, 2.75) is 0 Å². The summed E-state index contributed by atoms with van der Waals surface area (Å²) in [5.41, 5.74) is 0.443. The molecule has 0 bridgehead atoms. The van der Waals surface area contributed by atoms with E-state index in [4.69, 9.17) is 0 Å². The Morgan fingerprint density at radius 2 is 1.24 bits per heavy atom. The van der Waals surface area contributed by atoms with Crippen molar-refractivity contribution < 1.29 is 27.6 Å². The van der Waals surface area contributed by atoms with Gasteiger partial charge in [-0.2, -0.15) is 8.42 Å². The predicted octanol–water partition coefficient (Wildman–Crippen LogP) is -1.34. The van der Waals surface area contributed by atoms with Gasteiger partial charge in [0.2, 0.25) is 0 Å². The molecule has 154 valence electrons. The summed E-state index contributed by atoms with van der Waals surface area (Å²) in [7, 11) is -4.26. The van der Waals surface area contributed by atoms with Gasteiger partial charge in [-0.15, -0.1) is 0 Å². The second-order valence-corrected chi connectivity index (χ2v) is 8.34. The van der Waals surface area contributed by atoms with Crippen LogP contribution in [0.5, 0.6) is 0 Å². The van der Waals surface area contributed by atoms with Gasteiger partial charge in [0.15, 0.2) is 0 Å². The molecule has 3 aliphatic heterocycles. The van der Waals surface area contributed by atoms with Crippen LogP contribution < -0.4 is 19.2 Å². The number of fused-ring (bicyclic) bond motifs is 1. The number of hydrogen-bond donors (Lipinski definition) is 2. The zero-order valence-electron chi connectivity index (χ0n) is 15.2. The molecule has 0 atom stereocenters. The van der Waals surface area contributed by atoms with Crippen LogP contribution in [-0.2, 0) is 19.8 Å². The molecule has 4 rings (SSSR count). The number of anilines is 2. The summed E-state index contributed by atoms with van der Waals surface area (Å²) in [4.78, 5) is 50.3. The lowest BCUT2D eigenvalue weighted by Gasteiger charge is -2.23. The van der Waals surface area contributed by atoms with Crippen LogP contribution in [0.4, 0.5) is 21.0 Å². The largest absolute Gasteiger partial charge is 0.336 e. The number of para-hydroxylation sites is 2. The number of hydrogen-bond acceptors (Lipinski definition) is 6. The smallest absolute Gasteiger partial charge is 0.327 e. The Morgan fingerprint density at radius 1 is 0.828 bits per heavy atom. The Balaban J connectivity index is 1.61. The average molecular weight is 422 g/mol. The third kappa shape index (κ3) is 3.12. The number of urea groups is 2. The maximum Gasteiger partial charge on any atom is 0.327 e. The molecule has 0 saturated carbocycles. The molecule has 0 spiro atoms. The molecular weight excluding hydrogens is 404 g/mol. The second kappa shape index (κ2) is 6.92. The van der Waals surface area contributed by atoms with Crippen LogP contribution in [0.15, 0.2) is 24.3 Å². The summed E-state index contributed by atoms with van der Waals surface area (Å²) < 4.78 is 28.0. The molecule has 3 heterocycles. The minimum Gasteiger partial charge on any atom is -0.336 e. The van der Waals surface area contributed by atoms with Crippen molar-refractivity contribution in [3.05, 3.63) is 24.3 Å². The number of amides is 6. The first-order valence-corrected chi connectivity index (χ1v) is 10.3. The van der Waals surface area contributed by atoms with Gasteiger partial charge in [0, 0.05) is 26.2 Å². The van der Waals surface area contributed by atoms with Crippen molar-refractivity contribution in [3.8, 4) is 0 Å². The molecule has 2 saturated heterocycles. The monoisotopic (exact) mass is 422 g/mol. The van der Waals surface area contributed by atoms with E-state index in [0.717, 1.165) is 18.4 Å². The van der Waals surface area contributed by atoms with E-state index in [0.29, 0.717) is 13.1 Å². The van der Waals surface area contributed by atoms with Crippen molar-refractivity contribution >= 4 is 45.5 Å². The van der Waals surface area contributed by atoms with Crippen molar-refractivity contribution in [1.82, 2.24) is 20.4 Å². The second-order valence-electron chi connectivity index (χ2n) is 6.56. The van der Waals surface area contributed by atoms with Crippen molar-refractivity contribution in [2.24, 2.45) is 0 Å². The van der Waals surface area contributed by atoms with Gasteiger partial charge < -0.3 is 10.6 Å². The molecule has 0 unspecified atom stereocenters. The molecule has 0 aliphatic carbocycles. The molecule has 1 aromatic carbocycles. The number of rotatable bonds is 4. The highest BCUT2D eigenvalue weighted by Gasteiger charge is 2.44. The molecule has 3 aliphatic rings. The fourth-order valence-electron chi connectivity index (χ4n) is 3.42. The fourth-order valence-corrected chi connectivity index (χ4v) is 5.01. The Morgan fingerprint density at radius 3 is 1.59 bits per heavy atom. The van der Waals surface area contributed by atoms with Crippen LogP contribution in [0.1, 0.15) is 0 Å². The standard InChI is InChI=1S/C16H18N6O6S/c23-13(19-7-5-17-15(19)25)9-21-11-3-1-2-4-12(11)22(29(21,27)28)10-14(24)20-8-6-18-16(20)26/h1-4H,5-10H2,(H,17,25)(H,18,26). The minimum atomic E-state index is -4.26. The van der Waals surface area contributed by atoms with Crippen LogP contribution in [0.3, 0.4) is 0 Å². The lowest BCUT2D eigenvalue weighted by Crippen LogP contribution is -2.48. The SMILES string of the molecule is O=C(CN1c2ccccc2N(CC(=O)N2CCNC2=O)S1(=O)=O)N1CCNC1=O. The van der Waals surface area contributed by atoms with Gasteiger partial charge in [-0.1, -0.05) is 12.1 Å². The maximum absolute atomic E-state index is 13.1. The highest BCUT2D eigenvalue weighted by molar-refractivity contribution is 7.94. The highest BCUT2D eigenvalue weighted by atomic mass is 32.2. The normalized spacial score (nSPS) is 20.0. The summed E-state index contributed by atoms with van der Waals surface area (Å²) in [6, 6.07) is 5.08. The molecule has 13 heteroatoms. The van der Waals surface area contributed by atoms with Crippen molar-refractivity contribution in [1.29, 1.82) is 0 Å². The maximum atomic E-state index is 13.1. The fraction of sp³-hybridized carbons (Fsp3) is 0.375. The van der Waals surface area contributed by atoms with Gasteiger partial charge >= 0.3 is 22.3 Å². The van der Waals surface area contributed by atoms with E-state index in [2.05, 4.69) is 10.6 Å². The molecule has 1 aromatic rings. The molecule has 6 amide bonds. The summed E-state index contributed by atoms with van der Waals surface area (Å²) >= 11 is 0. The number of imide groups is 2. The van der Waals surface area contributed by atoms with E-state index < -0.39 is 47.2 Å². The number of carbonyl (C=O) groups excluding carboxylic acids is 4. The predicted molar refractivity (Wildman–Crippen MR) is 100 cm³/mol. The molecule has 12 nitrogen and oxygen atoms in total. The van der Waals surface area contributed by atoms with E-state index in [-0.39, 0.29) is 24.5 Å². The minimum absolute atomic E-state index is 0.152. The summed E-state index contributed by atoms with van der Waals surface area (Å²) in [6.07, 6.45) is 0. The first-order valence-electron chi connectivity index (χ1n) is 8.86. The molecule has 0 aromatic heterocycles. The zero-order chi connectivity index (χ0) is 20.8. The molecular formula is C16H18N6O6S. The lowest BCUT2D eigenvalue weighted by atomic mass is 10.2. The third-order valence-electron chi connectivity index (χ3n) is 4.85. The van der Waals surface area contributed by atoms with E-state index >= 15 is 0 Å². The van der Waals surface area contributed by atoms with Gasteiger partial charge in [-0.25, -0.2) is 18.2 Å². The molecule has 2 fully saturated rings. The van der Waals surface area contributed by atoms with E-state index in [1.54, 1.807) is 12.1 Å². The highest BCUT2D eigenvalue weighted by Crippen LogP contribution is 2.40. The Hall–Kier alpha value is -3.35. The lowest BCUT2D eigenvalue weighted by molar-refractivity contribution is -0.126. The van der Waals surface area contributed by atoms with E-state index in [9.17, 15) is 27.6 Å². The Labute approximate surface area is 166 Å². The van der Waals surface area contributed by atoms with E-state index in [1.165, 1.54) is 12.1 Å². The summed E-state index contributed by atoms with van der Waals surface area (Å²) in [5.74, 6) is -1.35. The Bertz CT molecular complexity index is 938. The Kier molecular flexibility index (Phi) is 4.53. The summed E-state index contributed by atoms with van der Waals surface area (Å²) in [6.45, 7) is -0.263. The number of carbonyl (C=O) groups is 4.